The number of sulfonamides is 1. The average Bonchev–Trinajstić information content (AvgIpc) is 3.52. The molecule has 0 aliphatic carbocycles. The summed E-state index contributed by atoms with van der Waals surface area (Å²) in [5.41, 5.74) is 0.276. The number of likely N-dealkylation sites (tertiary alicyclic amines) is 1. The first kappa shape index (κ1) is 24.4. The molecule has 0 spiro atoms. The Morgan fingerprint density at radius 2 is 1.76 bits per heavy atom. The van der Waals surface area contributed by atoms with Gasteiger partial charge >= 0.3 is 0 Å². The standard InChI is InChI=1S/C22H31ClN4O5S/c23-19-6-5-17(14-20(19)33(30,31)24-15-18-4-3-13-32-18)22(29)27-11-9-25(10-12-27)16-21(28)26-7-1-2-8-26/h5-6,14,18,24H,1-4,7-13,15-16H2/t18-/m1/s1. The third kappa shape index (κ3) is 6.05. The van der Waals surface area contributed by atoms with Gasteiger partial charge in [0.1, 0.15) is 4.90 Å². The number of hydrogen-bond acceptors (Lipinski definition) is 6. The Morgan fingerprint density at radius 3 is 2.42 bits per heavy atom. The van der Waals surface area contributed by atoms with E-state index in [1.165, 1.54) is 12.1 Å². The summed E-state index contributed by atoms with van der Waals surface area (Å²) in [6.07, 6.45) is 3.71. The number of rotatable bonds is 7. The van der Waals surface area contributed by atoms with Crippen LogP contribution in [0.3, 0.4) is 0 Å². The molecule has 0 aromatic heterocycles. The van der Waals surface area contributed by atoms with Gasteiger partial charge in [-0.15, -0.1) is 0 Å². The number of carbonyl (C=O) groups is 2. The van der Waals surface area contributed by atoms with Gasteiger partial charge in [0.05, 0.1) is 17.7 Å². The van der Waals surface area contributed by atoms with Gasteiger partial charge in [-0.1, -0.05) is 11.6 Å². The number of nitrogens with zero attached hydrogens (tertiary/aromatic N) is 3. The van der Waals surface area contributed by atoms with E-state index >= 15 is 0 Å². The lowest BCUT2D eigenvalue weighted by atomic mass is 10.2. The van der Waals surface area contributed by atoms with E-state index in [0.717, 1.165) is 38.8 Å². The lowest BCUT2D eigenvalue weighted by Crippen LogP contribution is -2.51. The summed E-state index contributed by atoms with van der Waals surface area (Å²) in [6.45, 7) is 5.03. The van der Waals surface area contributed by atoms with Crippen LogP contribution < -0.4 is 4.72 Å². The van der Waals surface area contributed by atoms with Crippen LogP contribution in [-0.4, -0.2) is 100 Å². The molecule has 0 radical (unpaired) electrons. The minimum absolute atomic E-state index is 0.0663. The molecule has 3 aliphatic heterocycles. The van der Waals surface area contributed by atoms with Crippen molar-refractivity contribution in [3.63, 3.8) is 0 Å². The zero-order chi connectivity index (χ0) is 23.4. The lowest BCUT2D eigenvalue weighted by Gasteiger charge is -2.35. The molecule has 4 rings (SSSR count). The zero-order valence-electron chi connectivity index (χ0n) is 18.7. The van der Waals surface area contributed by atoms with Gasteiger partial charge in [-0.05, 0) is 43.9 Å². The van der Waals surface area contributed by atoms with Gasteiger partial charge in [0.2, 0.25) is 15.9 Å². The van der Waals surface area contributed by atoms with Crippen molar-refractivity contribution >= 4 is 33.4 Å². The zero-order valence-corrected chi connectivity index (χ0v) is 20.2. The van der Waals surface area contributed by atoms with Crippen molar-refractivity contribution in [3.8, 4) is 0 Å². The third-order valence-electron chi connectivity index (χ3n) is 6.47. The second-order valence-corrected chi connectivity index (χ2v) is 10.9. The Kier molecular flexibility index (Phi) is 7.91. The molecule has 9 nitrogen and oxygen atoms in total. The molecule has 1 aromatic rings. The molecule has 1 N–H and O–H groups in total. The molecule has 2 amide bonds. The highest BCUT2D eigenvalue weighted by molar-refractivity contribution is 7.89. The molecule has 3 aliphatic rings. The topological polar surface area (TPSA) is 99.3 Å². The van der Waals surface area contributed by atoms with Crippen LogP contribution in [0.15, 0.2) is 23.1 Å². The number of benzene rings is 1. The monoisotopic (exact) mass is 498 g/mol. The SMILES string of the molecule is O=C(CN1CCN(C(=O)c2ccc(Cl)c(S(=O)(=O)NC[C@H]3CCCO3)c2)CC1)N1CCCC1. The number of piperazine rings is 1. The van der Waals surface area contributed by atoms with Gasteiger partial charge in [-0.25, -0.2) is 13.1 Å². The number of hydrogen-bond donors (Lipinski definition) is 1. The van der Waals surface area contributed by atoms with Crippen LogP contribution >= 0.6 is 11.6 Å². The van der Waals surface area contributed by atoms with E-state index in [0.29, 0.717) is 39.3 Å². The van der Waals surface area contributed by atoms with Crippen LogP contribution in [0.25, 0.3) is 0 Å². The summed E-state index contributed by atoms with van der Waals surface area (Å²) in [6, 6.07) is 4.33. The molecule has 182 valence electrons. The summed E-state index contributed by atoms with van der Waals surface area (Å²) in [7, 11) is -3.88. The Morgan fingerprint density at radius 1 is 1.03 bits per heavy atom. The first-order chi connectivity index (χ1) is 15.8. The van der Waals surface area contributed by atoms with E-state index < -0.39 is 10.0 Å². The molecule has 0 saturated carbocycles. The Bertz CT molecular complexity index is 969. The van der Waals surface area contributed by atoms with Crippen molar-refractivity contribution in [1.29, 1.82) is 0 Å². The molecular formula is C22H31ClN4O5S. The van der Waals surface area contributed by atoms with E-state index in [1.807, 2.05) is 4.90 Å². The third-order valence-corrected chi connectivity index (χ3v) is 8.37. The van der Waals surface area contributed by atoms with Gasteiger partial charge in [-0.3, -0.25) is 14.5 Å². The van der Waals surface area contributed by atoms with Gasteiger partial charge in [0.25, 0.3) is 5.91 Å². The van der Waals surface area contributed by atoms with E-state index in [9.17, 15) is 18.0 Å². The Hall–Kier alpha value is -1.72. The molecule has 11 heteroatoms. The van der Waals surface area contributed by atoms with Gasteiger partial charge in [-0.2, -0.15) is 0 Å². The molecule has 0 unspecified atom stereocenters. The number of amides is 2. The molecule has 3 fully saturated rings. The maximum Gasteiger partial charge on any atom is 0.253 e. The number of carbonyl (C=O) groups excluding carboxylic acids is 2. The largest absolute Gasteiger partial charge is 0.377 e. The summed E-state index contributed by atoms with van der Waals surface area (Å²) in [5.74, 6) is -0.0944. The highest BCUT2D eigenvalue weighted by atomic mass is 35.5. The van der Waals surface area contributed by atoms with Gasteiger partial charge < -0.3 is 14.5 Å². The van der Waals surface area contributed by atoms with Crippen molar-refractivity contribution in [2.24, 2.45) is 0 Å². The van der Waals surface area contributed by atoms with E-state index in [2.05, 4.69) is 9.62 Å². The molecule has 1 atom stereocenters. The maximum atomic E-state index is 13.0. The van der Waals surface area contributed by atoms with E-state index in [-0.39, 0.29) is 39.9 Å². The van der Waals surface area contributed by atoms with Crippen LogP contribution in [0.2, 0.25) is 5.02 Å². The van der Waals surface area contributed by atoms with Crippen LogP contribution in [0.5, 0.6) is 0 Å². The molecule has 1 aromatic carbocycles. The second kappa shape index (κ2) is 10.7. The minimum atomic E-state index is -3.88. The lowest BCUT2D eigenvalue weighted by molar-refractivity contribution is -0.131. The van der Waals surface area contributed by atoms with Crippen LogP contribution in [0.4, 0.5) is 0 Å². The van der Waals surface area contributed by atoms with Crippen molar-refractivity contribution < 1.29 is 22.7 Å². The highest BCUT2D eigenvalue weighted by Crippen LogP contribution is 2.24. The summed E-state index contributed by atoms with van der Waals surface area (Å²) in [4.78, 5) is 31.0. The fourth-order valence-electron chi connectivity index (χ4n) is 4.48. The first-order valence-corrected chi connectivity index (χ1v) is 13.4. The summed E-state index contributed by atoms with van der Waals surface area (Å²) >= 11 is 6.17. The second-order valence-electron chi connectivity index (χ2n) is 8.79. The highest BCUT2D eigenvalue weighted by Gasteiger charge is 2.28. The number of halogens is 1. The molecule has 0 bridgehead atoms. The summed E-state index contributed by atoms with van der Waals surface area (Å²) in [5, 5.41) is 0.0663. The van der Waals surface area contributed by atoms with Crippen molar-refractivity contribution in [2.75, 3.05) is 59.0 Å². The smallest absolute Gasteiger partial charge is 0.253 e. The van der Waals surface area contributed by atoms with E-state index in [4.69, 9.17) is 16.3 Å². The quantitative estimate of drug-likeness (QED) is 0.606. The van der Waals surface area contributed by atoms with Crippen LogP contribution in [-0.2, 0) is 19.6 Å². The van der Waals surface area contributed by atoms with Gasteiger partial charge in [0, 0.05) is 58.0 Å². The van der Waals surface area contributed by atoms with Crippen molar-refractivity contribution in [1.82, 2.24) is 19.4 Å². The predicted molar refractivity (Wildman–Crippen MR) is 124 cm³/mol. The van der Waals surface area contributed by atoms with E-state index in [1.54, 1.807) is 11.0 Å². The van der Waals surface area contributed by atoms with Gasteiger partial charge in [0.15, 0.2) is 0 Å². The average molecular weight is 499 g/mol. The van der Waals surface area contributed by atoms with Crippen LogP contribution in [0.1, 0.15) is 36.0 Å². The normalized spacial score (nSPS) is 22.2. The molecule has 3 heterocycles. The fraction of sp³-hybridized carbons (Fsp3) is 0.636. The predicted octanol–water partition coefficient (Wildman–Crippen LogP) is 1.18. The fourth-order valence-corrected chi connectivity index (χ4v) is 6.07. The Balaban J connectivity index is 1.35. The number of nitrogens with one attached hydrogen (secondary N) is 1. The molecule has 33 heavy (non-hydrogen) atoms. The minimum Gasteiger partial charge on any atom is -0.377 e. The number of ether oxygens (including phenoxy) is 1. The molecular weight excluding hydrogens is 468 g/mol. The first-order valence-electron chi connectivity index (χ1n) is 11.5. The maximum absolute atomic E-state index is 13.0. The molecule has 3 saturated heterocycles. The van der Waals surface area contributed by atoms with Crippen molar-refractivity contribution in [2.45, 2.75) is 36.7 Å². The Labute approximate surface area is 200 Å². The van der Waals surface area contributed by atoms with Crippen molar-refractivity contribution in [3.05, 3.63) is 28.8 Å². The van der Waals surface area contributed by atoms with Crippen LogP contribution in [0, 0.1) is 0 Å². The summed E-state index contributed by atoms with van der Waals surface area (Å²) < 4.78 is 33.6.